The highest BCUT2D eigenvalue weighted by atomic mass is 16.9. The number of carbonyl (C=O) groups is 1. The fraction of sp³-hybridized carbons (Fsp3) is 0.219. The number of para-hydroxylation sites is 3. The van der Waals surface area contributed by atoms with Gasteiger partial charge in [0.25, 0.3) is 11.0 Å². The van der Waals surface area contributed by atoms with E-state index >= 15 is 0 Å². The van der Waals surface area contributed by atoms with Crippen LogP contribution in [0.1, 0.15) is 15.9 Å². The van der Waals surface area contributed by atoms with Crippen LogP contribution in [0.3, 0.4) is 0 Å². The Morgan fingerprint density at radius 3 is 2.37 bits per heavy atom. The largest absolute Gasteiger partial charge is 0.493 e. The Balaban J connectivity index is 1.29. The summed E-state index contributed by atoms with van der Waals surface area (Å²) in [5, 5.41) is 22.6. The molecule has 0 fully saturated rings. The van der Waals surface area contributed by atoms with Crippen LogP contribution in [0.2, 0.25) is 0 Å². The highest BCUT2D eigenvalue weighted by Crippen LogP contribution is 2.33. The number of amides is 1. The van der Waals surface area contributed by atoms with E-state index in [9.17, 15) is 20.0 Å². The number of H-pyrrole nitrogens is 1. The first-order chi connectivity index (χ1) is 20.9. The molecule has 11 heteroatoms. The van der Waals surface area contributed by atoms with E-state index in [1.807, 2.05) is 54.6 Å². The van der Waals surface area contributed by atoms with Crippen molar-refractivity contribution in [3.63, 3.8) is 0 Å². The number of aromatic nitrogens is 1. The minimum Gasteiger partial charge on any atom is -0.493 e. The number of ether oxygens (including phenoxy) is 3. The van der Waals surface area contributed by atoms with E-state index in [0.29, 0.717) is 28.4 Å². The standard InChI is InChI=1S/C32H31N3O8/c1-40-28-10-4-5-11-29(28)41-18-17-34(32(37)23-15-13-22(14-16-23)20-43-35(38)39)19-24(36)21-42-30-12-6-9-27-31(30)25-7-2-3-8-26(25)33-27/h2-16,24,33,36H,17-21H2,1H3. The van der Waals surface area contributed by atoms with Gasteiger partial charge >= 0.3 is 0 Å². The Bertz CT molecular complexity index is 1700. The highest BCUT2D eigenvalue weighted by molar-refractivity contribution is 6.10. The summed E-state index contributed by atoms with van der Waals surface area (Å²) in [6, 6.07) is 27.1. The number of nitrogens with zero attached hydrogens (tertiary/aromatic N) is 2. The third-order valence-corrected chi connectivity index (χ3v) is 6.87. The van der Waals surface area contributed by atoms with E-state index in [1.54, 1.807) is 43.5 Å². The number of benzene rings is 4. The lowest BCUT2D eigenvalue weighted by atomic mass is 10.1. The predicted molar refractivity (Wildman–Crippen MR) is 160 cm³/mol. The highest BCUT2D eigenvalue weighted by Gasteiger charge is 2.21. The number of nitrogens with one attached hydrogen (secondary N) is 1. The molecule has 0 spiro atoms. The lowest BCUT2D eigenvalue weighted by Gasteiger charge is -2.26. The van der Waals surface area contributed by atoms with Gasteiger partial charge in [-0.3, -0.25) is 4.79 Å². The fourth-order valence-corrected chi connectivity index (χ4v) is 4.81. The SMILES string of the molecule is COc1ccccc1OCCN(CC(O)COc1cccc2[nH]c3ccccc3c12)C(=O)c1ccc(CO[N+](=O)[O-])cc1. The fourth-order valence-electron chi connectivity index (χ4n) is 4.81. The third-order valence-electron chi connectivity index (χ3n) is 6.87. The van der Waals surface area contributed by atoms with Crippen LogP contribution >= 0.6 is 0 Å². The number of hydrogen-bond donors (Lipinski definition) is 2. The molecule has 1 aromatic heterocycles. The van der Waals surface area contributed by atoms with Crippen LogP contribution in [0.5, 0.6) is 17.2 Å². The zero-order valence-electron chi connectivity index (χ0n) is 23.5. The van der Waals surface area contributed by atoms with Crippen molar-refractivity contribution in [2.24, 2.45) is 0 Å². The molecule has 0 bridgehead atoms. The van der Waals surface area contributed by atoms with Crippen molar-refractivity contribution < 1.29 is 34.0 Å². The molecule has 4 aromatic carbocycles. The second-order valence-electron chi connectivity index (χ2n) is 9.76. The number of methoxy groups -OCH3 is 1. The molecule has 0 saturated carbocycles. The van der Waals surface area contributed by atoms with Crippen LogP contribution in [-0.4, -0.2) is 65.5 Å². The lowest BCUT2D eigenvalue weighted by molar-refractivity contribution is -0.763. The van der Waals surface area contributed by atoms with Gasteiger partial charge in [0, 0.05) is 21.9 Å². The number of hydrogen-bond acceptors (Lipinski definition) is 8. The number of aliphatic hydroxyl groups excluding tert-OH is 1. The molecule has 0 radical (unpaired) electrons. The molecular weight excluding hydrogens is 554 g/mol. The quantitative estimate of drug-likeness (QED) is 0.137. The van der Waals surface area contributed by atoms with E-state index in [2.05, 4.69) is 9.82 Å². The van der Waals surface area contributed by atoms with Gasteiger partial charge < -0.3 is 34.0 Å². The van der Waals surface area contributed by atoms with E-state index in [-0.39, 0.29) is 38.8 Å². The average Bonchev–Trinajstić information content (AvgIpc) is 3.42. The van der Waals surface area contributed by atoms with E-state index in [1.165, 1.54) is 4.90 Å². The minimum absolute atomic E-state index is 0.0236. The summed E-state index contributed by atoms with van der Waals surface area (Å²) >= 11 is 0. The minimum atomic E-state index is -1.01. The second kappa shape index (κ2) is 13.6. The van der Waals surface area contributed by atoms with Crippen molar-refractivity contribution in [2.75, 3.05) is 33.4 Å². The molecule has 43 heavy (non-hydrogen) atoms. The Morgan fingerprint density at radius 2 is 1.60 bits per heavy atom. The normalized spacial score (nSPS) is 11.7. The lowest BCUT2D eigenvalue weighted by Crippen LogP contribution is -2.42. The molecule has 5 aromatic rings. The van der Waals surface area contributed by atoms with Gasteiger partial charge in [-0.25, -0.2) is 0 Å². The number of fused-ring (bicyclic) bond motifs is 3. The molecule has 2 N–H and O–H groups in total. The van der Waals surface area contributed by atoms with Crippen molar-refractivity contribution >= 4 is 27.7 Å². The van der Waals surface area contributed by atoms with Crippen molar-refractivity contribution in [3.05, 3.63) is 112 Å². The van der Waals surface area contributed by atoms with Gasteiger partial charge in [0.15, 0.2) is 11.5 Å². The molecule has 0 saturated heterocycles. The Labute approximate surface area is 247 Å². The van der Waals surface area contributed by atoms with Gasteiger partial charge in [0.2, 0.25) is 0 Å². The molecule has 0 aliphatic carbocycles. The van der Waals surface area contributed by atoms with Crippen LogP contribution in [0.25, 0.3) is 21.8 Å². The molecule has 1 atom stereocenters. The first-order valence-electron chi connectivity index (χ1n) is 13.6. The average molecular weight is 586 g/mol. The maximum absolute atomic E-state index is 13.5. The smallest absolute Gasteiger partial charge is 0.294 e. The maximum Gasteiger partial charge on any atom is 0.294 e. The number of carbonyl (C=O) groups excluding carboxylic acids is 1. The summed E-state index contributed by atoms with van der Waals surface area (Å²) in [6.45, 7) is 0.00945. The van der Waals surface area contributed by atoms with E-state index in [0.717, 1.165) is 21.8 Å². The molecule has 1 heterocycles. The molecule has 222 valence electrons. The van der Waals surface area contributed by atoms with Gasteiger partial charge in [0.05, 0.1) is 25.7 Å². The zero-order chi connectivity index (χ0) is 30.2. The number of aromatic amines is 1. The van der Waals surface area contributed by atoms with Crippen LogP contribution in [0, 0.1) is 10.1 Å². The first kappa shape index (κ1) is 29.2. The number of rotatable bonds is 14. The van der Waals surface area contributed by atoms with Gasteiger partial charge in [-0.15, -0.1) is 10.1 Å². The molecule has 0 aliphatic rings. The molecule has 1 amide bonds. The van der Waals surface area contributed by atoms with Crippen molar-refractivity contribution in [1.29, 1.82) is 0 Å². The van der Waals surface area contributed by atoms with Gasteiger partial charge in [-0.2, -0.15) is 0 Å². The van der Waals surface area contributed by atoms with Crippen molar-refractivity contribution in [3.8, 4) is 17.2 Å². The summed E-state index contributed by atoms with van der Waals surface area (Å²) in [6.07, 6.45) is -1.01. The summed E-state index contributed by atoms with van der Waals surface area (Å²) in [7, 11) is 1.55. The van der Waals surface area contributed by atoms with Gasteiger partial charge in [0.1, 0.15) is 31.7 Å². The van der Waals surface area contributed by atoms with Crippen molar-refractivity contribution in [2.45, 2.75) is 12.7 Å². The second-order valence-corrected chi connectivity index (χ2v) is 9.76. The van der Waals surface area contributed by atoms with Gasteiger partial charge in [-0.05, 0) is 48.0 Å². The molecule has 5 rings (SSSR count). The van der Waals surface area contributed by atoms with Crippen LogP contribution in [0.4, 0.5) is 0 Å². The van der Waals surface area contributed by atoms with Crippen molar-refractivity contribution in [1.82, 2.24) is 9.88 Å². The summed E-state index contributed by atoms with van der Waals surface area (Å²) in [4.78, 5) is 33.3. The van der Waals surface area contributed by atoms with Gasteiger partial charge in [-0.1, -0.05) is 48.5 Å². The Kier molecular flexibility index (Phi) is 9.23. The Morgan fingerprint density at radius 1 is 0.907 bits per heavy atom. The Hall–Kier alpha value is -5.29. The first-order valence-corrected chi connectivity index (χ1v) is 13.6. The molecule has 0 aliphatic heterocycles. The van der Waals surface area contributed by atoms with Crippen LogP contribution in [-0.2, 0) is 11.4 Å². The summed E-state index contributed by atoms with van der Waals surface area (Å²) in [5.74, 6) is 1.37. The van der Waals surface area contributed by atoms with E-state index in [4.69, 9.17) is 14.2 Å². The third kappa shape index (κ3) is 7.14. The zero-order valence-corrected chi connectivity index (χ0v) is 23.5. The number of aliphatic hydroxyl groups is 1. The monoisotopic (exact) mass is 585 g/mol. The van der Waals surface area contributed by atoms with E-state index < -0.39 is 11.2 Å². The molecule has 11 nitrogen and oxygen atoms in total. The predicted octanol–water partition coefficient (Wildman–Crippen LogP) is 5.00. The topological polar surface area (TPSA) is 136 Å². The molecular formula is C32H31N3O8. The van der Waals surface area contributed by atoms with Crippen LogP contribution < -0.4 is 14.2 Å². The van der Waals surface area contributed by atoms with Crippen LogP contribution in [0.15, 0.2) is 91.0 Å². The molecule has 1 unspecified atom stereocenters. The maximum atomic E-state index is 13.5. The summed E-state index contributed by atoms with van der Waals surface area (Å²) in [5.41, 5.74) is 2.79. The summed E-state index contributed by atoms with van der Waals surface area (Å²) < 4.78 is 17.3.